The summed E-state index contributed by atoms with van der Waals surface area (Å²) in [6.45, 7) is 2.13. The lowest BCUT2D eigenvalue weighted by Crippen LogP contribution is -1.98. The Hall–Kier alpha value is -1.87. The molecule has 0 aliphatic carbocycles. The van der Waals surface area contributed by atoms with Gasteiger partial charge in [-0.25, -0.2) is 0 Å². The summed E-state index contributed by atoms with van der Waals surface area (Å²) in [4.78, 5) is 3.11. The summed E-state index contributed by atoms with van der Waals surface area (Å²) in [7, 11) is 0. The molecular weight excluding hydrogens is 240 g/mol. The van der Waals surface area contributed by atoms with Gasteiger partial charge in [0.25, 0.3) is 0 Å². The average molecular weight is 254 g/mol. The summed E-state index contributed by atoms with van der Waals surface area (Å²) >= 11 is 5.35. The molecule has 0 unspecified atom stereocenters. The van der Waals surface area contributed by atoms with E-state index in [4.69, 9.17) is 12.2 Å². The zero-order valence-electron chi connectivity index (χ0n) is 10.2. The second kappa shape index (κ2) is 4.42. The van der Waals surface area contributed by atoms with Crippen LogP contribution in [0.4, 0.5) is 0 Å². The largest absolute Gasteiger partial charge is 0.337 e. The monoisotopic (exact) mass is 254 g/mol. The molecule has 2 aromatic carbocycles. The van der Waals surface area contributed by atoms with Gasteiger partial charge in [-0.3, -0.25) is 4.57 Å². The Kier molecular flexibility index (Phi) is 2.76. The lowest BCUT2D eigenvalue weighted by molar-refractivity contribution is 0.924. The Morgan fingerprint density at radius 1 is 1.11 bits per heavy atom. The van der Waals surface area contributed by atoms with Gasteiger partial charge in [0.2, 0.25) is 0 Å². The van der Waals surface area contributed by atoms with Crippen LogP contribution in [0.15, 0.2) is 48.7 Å². The Balaban J connectivity index is 2.25. The number of hydrogen-bond donors (Lipinski definition) is 1. The van der Waals surface area contributed by atoms with Crippen molar-refractivity contribution in [1.29, 1.82) is 0 Å². The predicted octanol–water partition coefficient (Wildman–Crippen LogP) is 4.25. The topological polar surface area (TPSA) is 20.7 Å². The van der Waals surface area contributed by atoms with E-state index >= 15 is 0 Å². The third kappa shape index (κ3) is 1.77. The molecule has 3 aromatic rings. The number of aromatic nitrogens is 2. The molecule has 0 radical (unpaired) electrons. The maximum atomic E-state index is 5.35. The van der Waals surface area contributed by atoms with Crippen LogP contribution in [0.3, 0.4) is 0 Å². The first-order chi connectivity index (χ1) is 8.79. The summed E-state index contributed by atoms with van der Waals surface area (Å²) in [6.07, 6.45) is 2.94. The van der Waals surface area contributed by atoms with Gasteiger partial charge >= 0.3 is 0 Å². The number of H-pyrrole nitrogens is 1. The Morgan fingerprint density at radius 2 is 1.89 bits per heavy atom. The number of aromatic amines is 1. The van der Waals surface area contributed by atoms with Crippen LogP contribution in [0, 0.1) is 4.77 Å². The Labute approximate surface area is 111 Å². The molecule has 0 aliphatic heterocycles. The third-order valence-electron chi connectivity index (χ3n) is 3.21. The Bertz CT molecular complexity index is 752. The fourth-order valence-electron chi connectivity index (χ4n) is 2.26. The van der Waals surface area contributed by atoms with E-state index in [2.05, 4.69) is 58.9 Å². The Morgan fingerprint density at radius 3 is 2.67 bits per heavy atom. The molecule has 0 amide bonds. The second-order valence-electron chi connectivity index (χ2n) is 4.31. The van der Waals surface area contributed by atoms with Gasteiger partial charge in [0, 0.05) is 17.6 Å². The van der Waals surface area contributed by atoms with Crippen molar-refractivity contribution < 1.29 is 0 Å². The second-order valence-corrected chi connectivity index (χ2v) is 4.69. The molecule has 0 aliphatic rings. The van der Waals surface area contributed by atoms with Gasteiger partial charge in [0.15, 0.2) is 4.77 Å². The molecule has 0 saturated heterocycles. The first-order valence-electron chi connectivity index (χ1n) is 6.08. The lowest BCUT2D eigenvalue weighted by atomic mass is 10.1. The average Bonchev–Trinajstić information content (AvgIpc) is 2.79. The zero-order chi connectivity index (χ0) is 12.5. The fraction of sp³-hybridized carbons (Fsp3) is 0.133. The van der Waals surface area contributed by atoms with Crippen molar-refractivity contribution in [1.82, 2.24) is 9.55 Å². The molecule has 0 atom stereocenters. The molecule has 3 heteroatoms. The lowest BCUT2D eigenvalue weighted by Gasteiger charge is -2.08. The number of nitrogens with one attached hydrogen (secondary N) is 1. The van der Waals surface area contributed by atoms with E-state index < -0.39 is 0 Å². The first-order valence-corrected chi connectivity index (χ1v) is 6.49. The maximum absolute atomic E-state index is 5.35. The van der Waals surface area contributed by atoms with Crippen LogP contribution in [0.5, 0.6) is 0 Å². The number of hydrogen-bond acceptors (Lipinski definition) is 1. The van der Waals surface area contributed by atoms with Crippen molar-refractivity contribution >= 4 is 23.0 Å². The number of rotatable bonds is 2. The number of fused-ring (bicyclic) bond motifs is 1. The zero-order valence-corrected chi connectivity index (χ0v) is 11.0. The standard InChI is InChI=1S/C15H14N2S/c1-2-13-10-16-15(18)17(13)14-8-7-11-5-3-4-6-12(11)9-14/h3-10H,2H2,1H3,(H,16,18). The number of imidazole rings is 1. The van der Waals surface area contributed by atoms with Gasteiger partial charge in [-0.05, 0) is 41.5 Å². The van der Waals surface area contributed by atoms with E-state index in [0.717, 1.165) is 16.9 Å². The van der Waals surface area contributed by atoms with Gasteiger partial charge in [0.05, 0.1) is 0 Å². The summed E-state index contributed by atoms with van der Waals surface area (Å²) in [5, 5.41) is 2.49. The number of nitrogens with zero attached hydrogens (tertiary/aromatic N) is 1. The van der Waals surface area contributed by atoms with E-state index in [1.54, 1.807) is 0 Å². The molecule has 18 heavy (non-hydrogen) atoms. The van der Waals surface area contributed by atoms with Gasteiger partial charge in [-0.1, -0.05) is 37.3 Å². The van der Waals surface area contributed by atoms with Gasteiger partial charge in [-0.2, -0.15) is 0 Å². The van der Waals surface area contributed by atoms with Crippen LogP contribution in [0.2, 0.25) is 0 Å². The highest BCUT2D eigenvalue weighted by atomic mass is 32.1. The fourth-order valence-corrected chi connectivity index (χ4v) is 2.55. The molecule has 1 aromatic heterocycles. The minimum Gasteiger partial charge on any atom is -0.337 e. The maximum Gasteiger partial charge on any atom is 0.182 e. The smallest absolute Gasteiger partial charge is 0.182 e. The number of aryl methyl sites for hydroxylation is 1. The highest BCUT2D eigenvalue weighted by molar-refractivity contribution is 7.71. The highest BCUT2D eigenvalue weighted by Crippen LogP contribution is 2.20. The van der Waals surface area contributed by atoms with Crippen molar-refractivity contribution in [3.05, 3.63) is 59.1 Å². The molecule has 0 fully saturated rings. The SMILES string of the molecule is CCc1c[nH]c(=S)n1-c1ccc2ccccc2c1. The first kappa shape index (κ1) is 11.2. The molecule has 0 bridgehead atoms. The molecule has 1 N–H and O–H groups in total. The summed E-state index contributed by atoms with van der Waals surface area (Å²) in [5.41, 5.74) is 2.33. The van der Waals surface area contributed by atoms with E-state index in [0.29, 0.717) is 0 Å². The summed E-state index contributed by atoms with van der Waals surface area (Å²) in [5.74, 6) is 0. The van der Waals surface area contributed by atoms with E-state index in [9.17, 15) is 0 Å². The van der Waals surface area contributed by atoms with Crippen molar-refractivity contribution in [3.8, 4) is 5.69 Å². The molecule has 3 rings (SSSR count). The summed E-state index contributed by atoms with van der Waals surface area (Å²) in [6, 6.07) is 14.8. The predicted molar refractivity (Wildman–Crippen MR) is 77.8 cm³/mol. The van der Waals surface area contributed by atoms with E-state index in [1.165, 1.54) is 16.5 Å². The van der Waals surface area contributed by atoms with Crippen LogP contribution in [-0.4, -0.2) is 9.55 Å². The molecule has 0 saturated carbocycles. The minimum atomic E-state index is 0.752. The quantitative estimate of drug-likeness (QED) is 0.678. The van der Waals surface area contributed by atoms with Crippen LogP contribution in [-0.2, 0) is 6.42 Å². The summed E-state index contributed by atoms with van der Waals surface area (Å²) < 4.78 is 2.85. The third-order valence-corrected chi connectivity index (χ3v) is 3.51. The number of benzene rings is 2. The highest BCUT2D eigenvalue weighted by Gasteiger charge is 2.05. The van der Waals surface area contributed by atoms with Crippen molar-refractivity contribution in [2.45, 2.75) is 13.3 Å². The van der Waals surface area contributed by atoms with Crippen molar-refractivity contribution in [3.63, 3.8) is 0 Å². The molecule has 90 valence electrons. The molecule has 1 heterocycles. The van der Waals surface area contributed by atoms with Gasteiger partial charge in [-0.15, -0.1) is 0 Å². The minimum absolute atomic E-state index is 0.752. The van der Waals surface area contributed by atoms with Crippen LogP contribution in [0.25, 0.3) is 16.5 Å². The van der Waals surface area contributed by atoms with Crippen molar-refractivity contribution in [2.75, 3.05) is 0 Å². The molecular formula is C15H14N2S. The molecule has 0 spiro atoms. The van der Waals surface area contributed by atoms with Gasteiger partial charge in [0.1, 0.15) is 0 Å². The van der Waals surface area contributed by atoms with Crippen LogP contribution < -0.4 is 0 Å². The normalized spacial score (nSPS) is 10.9. The van der Waals surface area contributed by atoms with Crippen molar-refractivity contribution in [2.24, 2.45) is 0 Å². The van der Waals surface area contributed by atoms with E-state index in [1.807, 2.05) is 6.20 Å². The van der Waals surface area contributed by atoms with Crippen LogP contribution >= 0.6 is 12.2 Å². The van der Waals surface area contributed by atoms with Crippen LogP contribution in [0.1, 0.15) is 12.6 Å². The molecule has 2 nitrogen and oxygen atoms in total. The van der Waals surface area contributed by atoms with Gasteiger partial charge < -0.3 is 4.98 Å². The van der Waals surface area contributed by atoms with E-state index in [-0.39, 0.29) is 0 Å².